The molecular formula is C23H19N3S2. The van der Waals surface area contributed by atoms with Crippen molar-refractivity contribution in [3.63, 3.8) is 0 Å². The Morgan fingerprint density at radius 1 is 0.821 bits per heavy atom. The summed E-state index contributed by atoms with van der Waals surface area (Å²) >= 11 is 3.50. The maximum atomic E-state index is 4.92. The predicted octanol–water partition coefficient (Wildman–Crippen LogP) is 6.05. The average Bonchev–Trinajstić information content (AvgIpc) is 3.43. The van der Waals surface area contributed by atoms with Crippen molar-refractivity contribution in [1.82, 2.24) is 15.0 Å². The first-order valence-corrected chi connectivity index (χ1v) is 11.3. The molecule has 0 aliphatic heterocycles. The molecule has 0 saturated heterocycles. The molecule has 2 aromatic carbocycles. The normalized spacial score (nSPS) is 12.9. The van der Waals surface area contributed by atoms with E-state index in [1.54, 1.807) is 23.1 Å². The number of thioether (sulfide) groups is 1. The molecular weight excluding hydrogens is 382 g/mol. The van der Waals surface area contributed by atoms with Gasteiger partial charge in [-0.25, -0.2) is 15.0 Å². The van der Waals surface area contributed by atoms with Crippen LogP contribution in [0.3, 0.4) is 0 Å². The number of hydrogen-bond donors (Lipinski definition) is 0. The van der Waals surface area contributed by atoms with Crippen LogP contribution in [0.2, 0.25) is 0 Å². The Hall–Kier alpha value is -2.50. The van der Waals surface area contributed by atoms with E-state index >= 15 is 0 Å². The van der Waals surface area contributed by atoms with Crippen molar-refractivity contribution < 1.29 is 0 Å². The van der Waals surface area contributed by atoms with Gasteiger partial charge >= 0.3 is 0 Å². The predicted molar refractivity (Wildman–Crippen MR) is 117 cm³/mol. The van der Waals surface area contributed by atoms with Crippen LogP contribution in [0.15, 0.2) is 71.1 Å². The number of nitrogens with zero attached hydrogens (tertiary/aromatic N) is 3. The Bertz CT molecular complexity index is 1090. The summed E-state index contributed by atoms with van der Waals surface area (Å²) in [5.74, 6) is 1.67. The van der Waals surface area contributed by atoms with Gasteiger partial charge in [0.1, 0.15) is 10.0 Å². The Kier molecular flexibility index (Phi) is 4.93. The number of hydrogen-bond acceptors (Lipinski definition) is 5. The minimum absolute atomic E-state index is 0.834. The van der Waals surface area contributed by atoms with Gasteiger partial charge in [-0.1, -0.05) is 72.4 Å². The Morgan fingerprint density at radius 3 is 2.36 bits per heavy atom. The molecule has 5 heteroatoms. The highest BCUT2D eigenvalue weighted by Crippen LogP contribution is 2.34. The highest BCUT2D eigenvalue weighted by Gasteiger charge is 2.20. The summed E-state index contributed by atoms with van der Waals surface area (Å²) in [6.07, 6.45) is 3.31. The van der Waals surface area contributed by atoms with Crippen molar-refractivity contribution >= 4 is 23.1 Å². The average molecular weight is 402 g/mol. The van der Waals surface area contributed by atoms with Gasteiger partial charge in [0.2, 0.25) is 0 Å². The zero-order valence-electron chi connectivity index (χ0n) is 15.3. The molecule has 0 saturated carbocycles. The van der Waals surface area contributed by atoms with Gasteiger partial charge in [-0.05, 0) is 19.3 Å². The second-order valence-corrected chi connectivity index (χ2v) is 8.62. The van der Waals surface area contributed by atoms with E-state index in [4.69, 9.17) is 15.0 Å². The lowest BCUT2D eigenvalue weighted by molar-refractivity contribution is 0.896. The zero-order valence-corrected chi connectivity index (χ0v) is 17.0. The second-order valence-electron chi connectivity index (χ2n) is 6.80. The molecule has 28 heavy (non-hydrogen) atoms. The summed E-state index contributed by atoms with van der Waals surface area (Å²) in [4.78, 5) is 14.6. The quantitative estimate of drug-likeness (QED) is 0.301. The largest absolute Gasteiger partial charge is 0.240 e. The third-order valence-electron chi connectivity index (χ3n) is 4.86. The van der Waals surface area contributed by atoms with Crippen molar-refractivity contribution in [3.8, 4) is 22.0 Å². The van der Waals surface area contributed by atoms with Gasteiger partial charge in [-0.15, -0.1) is 11.3 Å². The van der Waals surface area contributed by atoms with Crippen LogP contribution in [0.25, 0.3) is 22.0 Å². The molecule has 5 rings (SSSR count). The summed E-state index contributed by atoms with van der Waals surface area (Å²) in [6, 6.07) is 20.6. The Balaban J connectivity index is 1.40. The third kappa shape index (κ3) is 3.60. The molecule has 4 aromatic rings. The van der Waals surface area contributed by atoms with Crippen LogP contribution in [0, 0.1) is 0 Å². The molecule has 1 aliphatic rings. The van der Waals surface area contributed by atoms with Crippen molar-refractivity contribution in [2.24, 2.45) is 0 Å². The second kappa shape index (κ2) is 7.86. The van der Waals surface area contributed by atoms with Gasteiger partial charge in [0, 0.05) is 33.5 Å². The molecule has 3 nitrogen and oxygen atoms in total. The van der Waals surface area contributed by atoms with E-state index in [-0.39, 0.29) is 0 Å². The summed E-state index contributed by atoms with van der Waals surface area (Å²) in [6.45, 7) is 0. The highest BCUT2D eigenvalue weighted by molar-refractivity contribution is 7.98. The fraction of sp³-hybridized carbons (Fsp3) is 0.174. The van der Waals surface area contributed by atoms with E-state index in [0.717, 1.165) is 45.7 Å². The maximum absolute atomic E-state index is 4.92. The van der Waals surface area contributed by atoms with Gasteiger partial charge in [-0.3, -0.25) is 0 Å². The van der Waals surface area contributed by atoms with Crippen LogP contribution in [-0.4, -0.2) is 15.0 Å². The minimum Gasteiger partial charge on any atom is -0.240 e. The molecule has 0 radical (unpaired) electrons. The molecule has 0 spiro atoms. The fourth-order valence-electron chi connectivity index (χ4n) is 3.46. The van der Waals surface area contributed by atoms with Crippen LogP contribution in [0.4, 0.5) is 0 Å². The summed E-state index contributed by atoms with van der Waals surface area (Å²) in [5.41, 5.74) is 5.93. The van der Waals surface area contributed by atoms with Gasteiger partial charge in [0.05, 0.1) is 5.69 Å². The topological polar surface area (TPSA) is 38.7 Å². The molecule has 138 valence electrons. The van der Waals surface area contributed by atoms with Crippen LogP contribution in [-0.2, 0) is 18.6 Å². The Labute approximate surface area is 172 Å². The molecule has 0 bridgehead atoms. The fourth-order valence-corrected chi connectivity index (χ4v) is 5.37. The summed E-state index contributed by atoms with van der Waals surface area (Å²) in [7, 11) is 0. The van der Waals surface area contributed by atoms with Gasteiger partial charge in [0.15, 0.2) is 5.82 Å². The van der Waals surface area contributed by atoms with Crippen LogP contribution in [0.5, 0.6) is 0 Å². The van der Waals surface area contributed by atoms with E-state index in [2.05, 4.69) is 41.8 Å². The first-order valence-electron chi connectivity index (χ1n) is 9.44. The van der Waals surface area contributed by atoms with Crippen molar-refractivity contribution in [2.45, 2.75) is 30.0 Å². The number of aryl methyl sites for hydroxylation is 1. The first-order chi connectivity index (χ1) is 13.9. The van der Waals surface area contributed by atoms with E-state index in [1.807, 2.05) is 24.3 Å². The van der Waals surface area contributed by atoms with Crippen LogP contribution in [0.1, 0.15) is 23.4 Å². The molecule has 0 amide bonds. The first kappa shape index (κ1) is 17.6. The standard InChI is InChI=1S/C23H19N3S2/c1-3-8-16(9-4-1)21-25-20-13-7-12-19(20)23(26-21)28-15-18-14-27-22(24-18)17-10-5-2-6-11-17/h1-6,8-11,14H,7,12-13,15H2. The summed E-state index contributed by atoms with van der Waals surface area (Å²) < 4.78 is 0. The molecule has 2 aromatic heterocycles. The minimum atomic E-state index is 0.834. The van der Waals surface area contributed by atoms with E-state index < -0.39 is 0 Å². The van der Waals surface area contributed by atoms with Crippen LogP contribution >= 0.6 is 23.1 Å². The van der Waals surface area contributed by atoms with Crippen molar-refractivity contribution in [2.75, 3.05) is 0 Å². The van der Waals surface area contributed by atoms with Crippen LogP contribution < -0.4 is 0 Å². The zero-order chi connectivity index (χ0) is 18.8. The number of benzene rings is 2. The van der Waals surface area contributed by atoms with Gasteiger partial charge in [-0.2, -0.15) is 0 Å². The highest BCUT2D eigenvalue weighted by atomic mass is 32.2. The van der Waals surface area contributed by atoms with Crippen molar-refractivity contribution in [3.05, 3.63) is 83.0 Å². The number of aromatic nitrogens is 3. The molecule has 0 unspecified atom stereocenters. The SMILES string of the molecule is c1ccc(-c2nc3c(c(SCc4csc(-c5ccccc5)n4)n2)CCC3)cc1. The van der Waals surface area contributed by atoms with E-state index in [9.17, 15) is 0 Å². The monoisotopic (exact) mass is 401 g/mol. The number of fused-ring (bicyclic) bond motifs is 1. The Morgan fingerprint density at radius 2 is 1.57 bits per heavy atom. The van der Waals surface area contributed by atoms with Gasteiger partial charge < -0.3 is 0 Å². The lowest BCUT2D eigenvalue weighted by Crippen LogP contribution is -1.99. The summed E-state index contributed by atoms with van der Waals surface area (Å²) in [5, 5.41) is 4.36. The smallest absolute Gasteiger partial charge is 0.160 e. The maximum Gasteiger partial charge on any atom is 0.160 e. The van der Waals surface area contributed by atoms with Gasteiger partial charge in [0.25, 0.3) is 0 Å². The molecule has 2 heterocycles. The molecule has 0 atom stereocenters. The van der Waals surface area contributed by atoms with Crippen molar-refractivity contribution in [1.29, 1.82) is 0 Å². The number of thiazole rings is 1. The molecule has 0 fully saturated rings. The lowest BCUT2D eigenvalue weighted by Gasteiger charge is -2.09. The van der Waals surface area contributed by atoms with E-state index in [0.29, 0.717) is 0 Å². The lowest BCUT2D eigenvalue weighted by atomic mass is 10.2. The van der Waals surface area contributed by atoms with E-state index in [1.165, 1.54) is 23.2 Å². The molecule has 0 N–H and O–H groups in total. The molecule has 1 aliphatic carbocycles. The number of rotatable bonds is 5. The third-order valence-corrected chi connectivity index (χ3v) is 6.85.